The molecule has 0 aliphatic rings. The van der Waals surface area contributed by atoms with Crippen LogP contribution in [0.1, 0.15) is 25.0 Å². The van der Waals surface area contributed by atoms with Crippen molar-refractivity contribution in [2.24, 2.45) is 5.92 Å². The van der Waals surface area contributed by atoms with Gasteiger partial charge in [0, 0.05) is 23.8 Å². The Balaban J connectivity index is 2.19. The first-order chi connectivity index (χ1) is 12.4. The van der Waals surface area contributed by atoms with E-state index in [0.717, 1.165) is 22.8 Å². The third kappa shape index (κ3) is 3.88. The van der Waals surface area contributed by atoms with Crippen LogP contribution in [0.4, 0.5) is 13.2 Å². The van der Waals surface area contributed by atoms with Crippen LogP contribution < -0.4 is 0 Å². The molecule has 3 rings (SSSR count). The zero-order valence-electron chi connectivity index (χ0n) is 14.7. The quantitative estimate of drug-likeness (QED) is 0.550. The molecule has 0 radical (unpaired) electrons. The number of halogens is 3. The molecule has 0 unspecified atom stereocenters. The second-order valence-electron chi connectivity index (χ2n) is 6.63. The molecule has 0 amide bonds. The van der Waals surface area contributed by atoms with E-state index in [0.29, 0.717) is 24.5 Å². The van der Waals surface area contributed by atoms with Gasteiger partial charge in [-0.05, 0) is 23.1 Å². The molecule has 5 heteroatoms. The van der Waals surface area contributed by atoms with Crippen molar-refractivity contribution in [1.29, 1.82) is 0 Å². The molecule has 0 saturated heterocycles. The predicted octanol–water partition coefficient (Wildman–Crippen LogP) is 6.09. The molecule has 0 aliphatic heterocycles. The van der Waals surface area contributed by atoms with Gasteiger partial charge in [-0.3, -0.25) is 4.98 Å². The lowest BCUT2D eigenvalue weighted by Gasteiger charge is -2.16. The van der Waals surface area contributed by atoms with E-state index in [4.69, 9.17) is 4.74 Å². The fourth-order valence-electron chi connectivity index (χ4n) is 2.95. The molecule has 0 atom stereocenters. The van der Waals surface area contributed by atoms with Gasteiger partial charge >= 0.3 is 6.18 Å². The van der Waals surface area contributed by atoms with E-state index >= 15 is 0 Å². The number of ether oxygens (including phenoxy) is 1. The lowest BCUT2D eigenvalue weighted by atomic mass is 9.95. The highest BCUT2D eigenvalue weighted by atomic mass is 19.4. The molecular formula is C21H20F3NO. The number of aromatic nitrogens is 1. The van der Waals surface area contributed by atoms with Gasteiger partial charge in [0.05, 0.1) is 17.7 Å². The van der Waals surface area contributed by atoms with Crippen molar-refractivity contribution in [2.75, 3.05) is 6.61 Å². The van der Waals surface area contributed by atoms with Crippen LogP contribution in [0.5, 0.6) is 0 Å². The monoisotopic (exact) mass is 359 g/mol. The van der Waals surface area contributed by atoms with Crippen molar-refractivity contribution >= 4 is 10.9 Å². The van der Waals surface area contributed by atoms with Crippen LogP contribution in [0.2, 0.25) is 0 Å². The summed E-state index contributed by atoms with van der Waals surface area (Å²) in [5, 5.41) is 0.483. The second kappa shape index (κ2) is 7.46. The number of para-hydroxylation sites is 1. The molecular weight excluding hydrogens is 339 g/mol. The van der Waals surface area contributed by atoms with Crippen LogP contribution >= 0.6 is 0 Å². The topological polar surface area (TPSA) is 22.1 Å². The fraction of sp³-hybridized carbons (Fsp3) is 0.286. The average Bonchev–Trinajstić information content (AvgIpc) is 2.60. The summed E-state index contributed by atoms with van der Waals surface area (Å²) in [5.74, 6) is 0.375. The molecule has 2 aromatic carbocycles. The van der Waals surface area contributed by atoms with Gasteiger partial charge in [0.2, 0.25) is 0 Å². The standard InChI is InChI=1S/C21H20F3NO/c1-14(2)12-26-13-16-11-25-20-17(9-6-10-18(20)21(22,23)24)19(16)15-7-4-3-5-8-15/h3-11,14H,12-13H2,1-2H3. The molecule has 3 aromatic rings. The van der Waals surface area contributed by atoms with Crippen molar-refractivity contribution in [3.8, 4) is 11.1 Å². The van der Waals surface area contributed by atoms with Crippen molar-refractivity contribution in [3.63, 3.8) is 0 Å². The minimum absolute atomic E-state index is 0.0357. The van der Waals surface area contributed by atoms with Gasteiger partial charge in [0.25, 0.3) is 0 Å². The fourth-order valence-corrected chi connectivity index (χ4v) is 2.95. The highest BCUT2D eigenvalue weighted by molar-refractivity contribution is 5.97. The van der Waals surface area contributed by atoms with Gasteiger partial charge < -0.3 is 4.74 Å². The van der Waals surface area contributed by atoms with E-state index in [2.05, 4.69) is 4.98 Å². The minimum atomic E-state index is -4.45. The molecule has 26 heavy (non-hydrogen) atoms. The van der Waals surface area contributed by atoms with E-state index in [-0.39, 0.29) is 5.52 Å². The van der Waals surface area contributed by atoms with Crippen LogP contribution in [-0.2, 0) is 17.5 Å². The van der Waals surface area contributed by atoms with E-state index in [9.17, 15) is 13.2 Å². The van der Waals surface area contributed by atoms with Crippen LogP contribution in [0.15, 0.2) is 54.7 Å². The number of alkyl halides is 3. The average molecular weight is 359 g/mol. The number of benzene rings is 2. The normalized spacial score (nSPS) is 12.1. The number of pyridine rings is 1. The van der Waals surface area contributed by atoms with Crippen LogP contribution in [0.3, 0.4) is 0 Å². The smallest absolute Gasteiger partial charge is 0.376 e. The third-order valence-corrected chi connectivity index (χ3v) is 4.05. The summed E-state index contributed by atoms with van der Waals surface area (Å²) in [4.78, 5) is 4.13. The largest absolute Gasteiger partial charge is 0.418 e. The molecule has 0 bridgehead atoms. The first-order valence-electron chi connectivity index (χ1n) is 8.49. The molecule has 2 nitrogen and oxygen atoms in total. The Morgan fingerprint density at radius 3 is 2.38 bits per heavy atom. The number of nitrogens with zero attached hydrogens (tertiary/aromatic N) is 1. The Kier molecular flexibility index (Phi) is 5.28. The summed E-state index contributed by atoms with van der Waals surface area (Å²) >= 11 is 0. The molecule has 0 N–H and O–H groups in total. The Hall–Kier alpha value is -2.40. The van der Waals surface area contributed by atoms with Crippen LogP contribution in [-0.4, -0.2) is 11.6 Å². The number of rotatable bonds is 5. The van der Waals surface area contributed by atoms with E-state index in [1.54, 1.807) is 6.07 Å². The van der Waals surface area contributed by atoms with Crippen molar-refractivity contribution in [3.05, 3.63) is 65.9 Å². The van der Waals surface area contributed by atoms with Crippen LogP contribution in [0, 0.1) is 5.92 Å². The first-order valence-corrected chi connectivity index (χ1v) is 8.49. The molecule has 1 aromatic heterocycles. The highest BCUT2D eigenvalue weighted by Crippen LogP contribution is 2.38. The summed E-state index contributed by atoms with van der Waals surface area (Å²) in [6.07, 6.45) is -2.95. The summed E-state index contributed by atoms with van der Waals surface area (Å²) in [6, 6.07) is 13.6. The molecule has 0 fully saturated rings. The van der Waals surface area contributed by atoms with Crippen molar-refractivity contribution < 1.29 is 17.9 Å². The van der Waals surface area contributed by atoms with Gasteiger partial charge in [-0.15, -0.1) is 0 Å². The van der Waals surface area contributed by atoms with Crippen LogP contribution in [0.25, 0.3) is 22.0 Å². The summed E-state index contributed by atoms with van der Waals surface area (Å²) in [7, 11) is 0. The Morgan fingerprint density at radius 2 is 1.73 bits per heavy atom. The maximum atomic E-state index is 13.4. The zero-order valence-corrected chi connectivity index (χ0v) is 14.7. The minimum Gasteiger partial charge on any atom is -0.376 e. The molecule has 1 heterocycles. The maximum absolute atomic E-state index is 13.4. The number of hydrogen-bond donors (Lipinski definition) is 0. The first kappa shape index (κ1) is 18.4. The summed E-state index contributed by atoms with van der Waals surface area (Å²) in [5.41, 5.74) is 1.62. The van der Waals surface area contributed by atoms with E-state index in [1.165, 1.54) is 12.3 Å². The van der Waals surface area contributed by atoms with Gasteiger partial charge in [0.15, 0.2) is 0 Å². The zero-order chi connectivity index (χ0) is 18.7. The van der Waals surface area contributed by atoms with Gasteiger partial charge in [-0.2, -0.15) is 13.2 Å². The Bertz CT molecular complexity index is 889. The van der Waals surface area contributed by atoms with Crippen molar-refractivity contribution in [2.45, 2.75) is 26.6 Å². The molecule has 0 aliphatic carbocycles. The Labute approximate surface area is 150 Å². The summed E-state index contributed by atoms with van der Waals surface area (Å²) in [6.45, 7) is 4.98. The highest BCUT2D eigenvalue weighted by Gasteiger charge is 2.33. The molecule has 0 saturated carbocycles. The third-order valence-electron chi connectivity index (χ3n) is 4.05. The maximum Gasteiger partial charge on any atom is 0.418 e. The summed E-state index contributed by atoms with van der Waals surface area (Å²) < 4.78 is 45.9. The lowest BCUT2D eigenvalue weighted by molar-refractivity contribution is -0.136. The number of hydrogen-bond acceptors (Lipinski definition) is 2. The lowest BCUT2D eigenvalue weighted by Crippen LogP contribution is -2.08. The second-order valence-corrected chi connectivity index (χ2v) is 6.63. The predicted molar refractivity (Wildman–Crippen MR) is 96.7 cm³/mol. The number of fused-ring (bicyclic) bond motifs is 1. The molecule has 0 spiro atoms. The van der Waals surface area contributed by atoms with Gasteiger partial charge in [0.1, 0.15) is 0 Å². The SMILES string of the molecule is CC(C)COCc1cnc2c(C(F)(F)F)cccc2c1-c1ccccc1. The van der Waals surface area contributed by atoms with E-state index in [1.807, 2.05) is 44.2 Å². The van der Waals surface area contributed by atoms with Gasteiger partial charge in [-0.1, -0.05) is 56.3 Å². The van der Waals surface area contributed by atoms with Gasteiger partial charge in [-0.25, -0.2) is 0 Å². The van der Waals surface area contributed by atoms with E-state index < -0.39 is 11.7 Å². The Morgan fingerprint density at radius 1 is 1.00 bits per heavy atom. The van der Waals surface area contributed by atoms with Crippen molar-refractivity contribution in [1.82, 2.24) is 4.98 Å². The molecule has 136 valence electrons.